The van der Waals surface area contributed by atoms with Crippen LogP contribution in [0.25, 0.3) is 11.2 Å². The quantitative estimate of drug-likeness (QED) is 0.563. The summed E-state index contributed by atoms with van der Waals surface area (Å²) >= 11 is 6.39. The molecule has 5 heterocycles. The summed E-state index contributed by atoms with van der Waals surface area (Å²) in [5.41, 5.74) is 2.63. The van der Waals surface area contributed by atoms with Crippen LogP contribution in [0, 0.1) is 0 Å². The van der Waals surface area contributed by atoms with Crippen molar-refractivity contribution in [2.24, 2.45) is 0 Å². The van der Waals surface area contributed by atoms with Gasteiger partial charge in [0.05, 0.1) is 12.9 Å². The van der Waals surface area contributed by atoms with Crippen molar-refractivity contribution < 1.29 is 19.3 Å². The molecule has 0 saturated carbocycles. The Kier molecular flexibility index (Phi) is 5.50. The van der Waals surface area contributed by atoms with Gasteiger partial charge < -0.3 is 24.2 Å². The maximum atomic E-state index is 9.84. The Morgan fingerprint density at radius 3 is 2.56 bits per heavy atom. The average molecular weight is 486 g/mol. The molecule has 180 valence electrons. The maximum Gasteiger partial charge on any atom is 0.226 e. The third-order valence-electron chi connectivity index (χ3n) is 7.02. The first-order valence-corrected chi connectivity index (χ1v) is 12.1. The van der Waals surface area contributed by atoms with E-state index in [2.05, 4.69) is 50.2 Å². The number of aliphatic hydroxyl groups is 1. The molecule has 2 aromatic heterocycles. The van der Waals surface area contributed by atoms with Gasteiger partial charge in [0, 0.05) is 13.1 Å². The summed E-state index contributed by atoms with van der Waals surface area (Å²) in [6.45, 7) is 5.27. The van der Waals surface area contributed by atoms with Crippen molar-refractivity contribution in [2.75, 3.05) is 24.6 Å². The minimum absolute atomic E-state index is 0.159. The van der Waals surface area contributed by atoms with Gasteiger partial charge in [-0.05, 0) is 49.8 Å². The summed E-state index contributed by atoms with van der Waals surface area (Å²) in [4.78, 5) is 15.9. The van der Waals surface area contributed by atoms with Crippen LogP contribution >= 0.6 is 11.6 Å². The van der Waals surface area contributed by atoms with Crippen LogP contribution in [0.4, 0.5) is 5.82 Å². The molecule has 3 fully saturated rings. The van der Waals surface area contributed by atoms with Crippen LogP contribution in [0.15, 0.2) is 36.7 Å². The summed E-state index contributed by atoms with van der Waals surface area (Å²) < 4.78 is 20.1. The number of fused-ring (bicyclic) bond motifs is 2. The number of hydrogen-bond donors (Lipinski definition) is 1. The lowest BCUT2D eigenvalue weighted by Gasteiger charge is -2.33. The zero-order valence-electron chi connectivity index (χ0n) is 19.2. The van der Waals surface area contributed by atoms with Crippen LogP contribution in [0.5, 0.6) is 0 Å². The number of aromatic nitrogens is 4. The molecule has 3 aliphatic rings. The van der Waals surface area contributed by atoms with Gasteiger partial charge >= 0.3 is 0 Å². The van der Waals surface area contributed by atoms with E-state index in [9.17, 15) is 5.11 Å². The molecule has 4 atom stereocenters. The first kappa shape index (κ1) is 22.2. The van der Waals surface area contributed by atoms with Gasteiger partial charge in [-0.3, -0.25) is 4.57 Å². The van der Waals surface area contributed by atoms with Crippen LogP contribution in [-0.2, 0) is 14.2 Å². The fraction of sp³-hybridized carbons (Fsp3) is 0.542. The van der Waals surface area contributed by atoms with Crippen molar-refractivity contribution in [1.29, 1.82) is 0 Å². The van der Waals surface area contributed by atoms with Crippen molar-refractivity contribution in [3.8, 4) is 0 Å². The molecule has 2 unspecified atom stereocenters. The molecule has 1 aromatic carbocycles. The lowest BCUT2D eigenvalue weighted by Crippen LogP contribution is -2.33. The Labute approximate surface area is 202 Å². The van der Waals surface area contributed by atoms with Crippen molar-refractivity contribution in [3.05, 3.63) is 47.5 Å². The fourth-order valence-corrected chi connectivity index (χ4v) is 5.62. The molecule has 0 spiro atoms. The molecule has 3 aliphatic heterocycles. The summed E-state index contributed by atoms with van der Waals surface area (Å²) in [6.07, 6.45) is 1.93. The van der Waals surface area contributed by atoms with Gasteiger partial charge in [-0.15, -0.1) is 0 Å². The predicted octanol–water partition coefficient (Wildman–Crippen LogP) is 3.27. The molecule has 1 N–H and O–H groups in total. The highest BCUT2D eigenvalue weighted by Gasteiger charge is 2.56. The maximum absolute atomic E-state index is 9.84. The number of hydrogen-bond acceptors (Lipinski definition) is 8. The van der Waals surface area contributed by atoms with Crippen LogP contribution in [0.2, 0.25) is 5.28 Å². The van der Waals surface area contributed by atoms with Gasteiger partial charge in [0.1, 0.15) is 18.3 Å². The molecule has 10 heteroatoms. The molecule has 34 heavy (non-hydrogen) atoms. The highest BCUT2D eigenvalue weighted by molar-refractivity contribution is 6.28. The number of anilines is 1. The first-order valence-electron chi connectivity index (χ1n) is 11.8. The highest BCUT2D eigenvalue weighted by atomic mass is 35.5. The Balaban J connectivity index is 1.29. The van der Waals surface area contributed by atoms with Crippen LogP contribution in [-0.4, -0.2) is 68.4 Å². The van der Waals surface area contributed by atoms with Gasteiger partial charge in [-0.1, -0.05) is 30.3 Å². The largest absolute Gasteiger partial charge is 0.394 e. The van der Waals surface area contributed by atoms with Gasteiger partial charge in [-0.25, -0.2) is 4.98 Å². The van der Waals surface area contributed by atoms with Crippen molar-refractivity contribution in [3.63, 3.8) is 0 Å². The van der Waals surface area contributed by atoms with E-state index in [1.807, 2.05) is 18.4 Å². The summed E-state index contributed by atoms with van der Waals surface area (Å²) in [5.74, 6) is 0.504. The van der Waals surface area contributed by atoms with Crippen LogP contribution in [0.3, 0.4) is 0 Å². The normalized spacial score (nSPS) is 29.1. The second-order valence-electron chi connectivity index (χ2n) is 9.62. The molecule has 3 saturated heterocycles. The number of piperidine rings is 1. The van der Waals surface area contributed by atoms with E-state index in [-0.39, 0.29) is 18.0 Å². The standard InChI is InChI=1S/C24H28ClN5O4/c1-24(2)33-18-16(12-31)32-22(19(18)34-24)30-13-26-17-20(27-23(25)28-21(17)30)29-10-8-15(9-11-29)14-6-4-3-5-7-14/h3-7,13,15-16,18-19,22,31H,8-12H2,1-2H3/t16-,18?,19?,22-/m1/s1. The number of aliphatic hydroxyl groups excluding tert-OH is 1. The Morgan fingerprint density at radius 1 is 1.09 bits per heavy atom. The lowest BCUT2D eigenvalue weighted by molar-refractivity contribution is -0.199. The van der Waals surface area contributed by atoms with Gasteiger partial charge in [0.15, 0.2) is 29.0 Å². The topological polar surface area (TPSA) is 94.8 Å². The molecule has 0 radical (unpaired) electrons. The molecule has 3 aromatic rings. The van der Waals surface area contributed by atoms with E-state index in [4.69, 9.17) is 25.8 Å². The predicted molar refractivity (Wildman–Crippen MR) is 126 cm³/mol. The van der Waals surface area contributed by atoms with E-state index in [0.717, 1.165) is 31.7 Å². The highest BCUT2D eigenvalue weighted by Crippen LogP contribution is 2.44. The molecule has 0 aliphatic carbocycles. The van der Waals surface area contributed by atoms with E-state index in [1.54, 1.807) is 6.33 Å². The number of benzene rings is 1. The number of rotatable bonds is 4. The Morgan fingerprint density at radius 2 is 1.82 bits per heavy atom. The lowest BCUT2D eigenvalue weighted by atomic mass is 9.89. The molecule has 9 nitrogen and oxygen atoms in total. The number of imidazole rings is 1. The van der Waals surface area contributed by atoms with E-state index >= 15 is 0 Å². The minimum atomic E-state index is -0.762. The van der Waals surface area contributed by atoms with Gasteiger partial charge in [0.2, 0.25) is 5.28 Å². The minimum Gasteiger partial charge on any atom is -0.394 e. The number of ether oxygens (including phenoxy) is 3. The smallest absolute Gasteiger partial charge is 0.226 e. The Bertz CT molecular complexity index is 1180. The van der Waals surface area contributed by atoms with Crippen molar-refractivity contribution >= 4 is 28.6 Å². The molecule has 6 rings (SSSR count). The third kappa shape index (κ3) is 3.76. The van der Waals surface area contributed by atoms with E-state index < -0.39 is 24.2 Å². The van der Waals surface area contributed by atoms with E-state index in [1.165, 1.54) is 5.56 Å². The van der Waals surface area contributed by atoms with Crippen LogP contribution in [0.1, 0.15) is 44.4 Å². The van der Waals surface area contributed by atoms with Crippen molar-refractivity contribution in [1.82, 2.24) is 19.5 Å². The SMILES string of the molecule is CC1(C)OC2C(O1)[C@@H](CO)O[C@H]2n1cnc2c(N3CCC(c4ccccc4)CC3)nc(Cl)nc21. The fourth-order valence-electron chi connectivity index (χ4n) is 5.46. The number of halogens is 1. The first-order chi connectivity index (χ1) is 16.4. The van der Waals surface area contributed by atoms with Crippen LogP contribution < -0.4 is 4.90 Å². The number of nitrogens with zero attached hydrogens (tertiary/aromatic N) is 5. The zero-order chi connectivity index (χ0) is 23.4. The third-order valence-corrected chi connectivity index (χ3v) is 7.19. The molecule has 0 bridgehead atoms. The zero-order valence-corrected chi connectivity index (χ0v) is 19.9. The van der Waals surface area contributed by atoms with Gasteiger partial charge in [-0.2, -0.15) is 9.97 Å². The Hall–Kier alpha value is -2.30. The molecular formula is C24H28ClN5O4. The second-order valence-corrected chi connectivity index (χ2v) is 9.96. The second kappa shape index (κ2) is 8.42. The summed E-state index contributed by atoms with van der Waals surface area (Å²) in [5, 5.41) is 9.99. The summed E-state index contributed by atoms with van der Waals surface area (Å²) in [6, 6.07) is 10.6. The van der Waals surface area contributed by atoms with Gasteiger partial charge in [0.25, 0.3) is 0 Å². The molecular weight excluding hydrogens is 458 g/mol. The van der Waals surface area contributed by atoms with Crippen molar-refractivity contribution in [2.45, 2.75) is 62.9 Å². The average Bonchev–Trinajstić information content (AvgIpc) is 3.49. The summed E-state index contributed by atoms with van der Waals surface area (Å²) in [7, 11) is 0. The monoisotopic (exact) mass is 485 g/mol. The molecule has 0 amide bonds. The van der Waals surface area contributed by atoms with E-state index in [0.29, 0.717) is 17.1 Å².